The second kappa shape index (κ2) is 4.56. The highest BCUT2D eigenvalue weighted by atomic mass is 28.2. The molecule has 90 valence electrons. The zero-order valence-corrected chi connectivity index (χ0v) is 13.5. The SMILES string of the molecule is CC(C)N1CCN([SiH3])C1(C(C)C)C(C)C. The van der Waals surface area contributed by atoms with Crippen LogP contribution < -0.4 is 0 Å². The molecule has 0 saturated carbocycles. The molecule has 1 aliphatic heterocycles. The van der Waals surface area contributed by atoms with Gasteiger partial charge in [-0.05, 0) is 25.7 Å². The largest absolute Gasteiger partial charge is 0.314 e. The highest BCUT2D eigenvalue weighted by Gasteiger charge is 2.49. The Morgan fingerprint density at radius 1 is 0.933 bits per heavy atom. The minimum absolute atomic E-state index is 0.320. The standard InChI is InChI=1S/C12H28N2Si/c1-9(2)12(10(3)4)13(11(5)6)7-8-14(12)15/h9-11H,7-8H2,1-6,15H3. The molecule has 1 aliphatic rings. The van der Waals surface area contributed by atoms with Crippen molar-refractivity contribution in [1.82, 2.24) is 9.47 Å². The van der Waals surface area contributed by atoms with Crippen LogP contribution >= 0.6 is 0 Å². The topological polar surface area (TPSA) is 6.48 Å². The van der Waals surface area contributed by atoms with Crippen LogP contribution in [0.5, 0.6) is 0 Å². The molecule has 15 heavy (non-hydrogen) atoms. The van der Waals surface area contributed by atoms with Crippen LogP contribution in [-0.2, 0) is 0 Å². The second-order valence-corrected chi connectivity index (χ2v) is 6.88. The highest BCUT2D eigenvalue weighted by Crippen LogP contribution is 2.39. The molecule has 0 radical (unpaired) electrons. The lowest BCUT2D eigenvalue weighted by molar-refractivity contribution is -0.0430. The zero-order valence-electron chi connectivity index (χ0n) is 11.5. The Labute approximate surface area is 98.5 Å². The van der Waals surface area contributed by atoms with Gasteiger partial charge in [-0.1, -0.05) is 27.7 Å². The average Bonchev–Trinajstić information content (AvgIpc) is 2.43. The molecule has 0 N–H and O–H groups in total. The molecule has 1 fully saturated rings. The fourth-order valence-corrected chi connectivity index (χ4v) is 5.21. The summed E-state index contributed by atoms with van der Waals surface area (Å²) >= 11 is 0. The number of rotatable bonds is 3. The van der Waals surface area contributed by atoms with Gasteiger partial charge in [0.25, 0.3) is 0 Å². The molecular weight excluding hydrogens is 200 g/mol. The first-order valence-corrected chi connectivity index (χ1v) is 7.22. The normalized spacial score (nSPS) is 23.8. The van der Waals surface area contributed by atoms with Crippen molar-refractivity contribution < 1.29 is 0 Å². The third kappa shape index (κ3) is 1.90. The van der Waals surface area contributed by atoms with Crippen molar-refractivity contribution in [3.05, 3.63) is 0 Å². The summed E-state index contributed by atoms with van der Waals surface area (Å²) in [7, 11) is 1.18. The molecule has 1 rings (SSSR count). The van der Waals surface area contributed by atoms with Crippen LogP contribution in [-0.4, -0.2) is 44.7 Å². The van der Waals surface area contributed by atoms with Gasteiger partial charge in [0.1, 0.15) is 0 Å². The summed E-state index contributed by atoms with van der Waals surface area (Å²) in [4.78, 5) is 2.72. The molecule has 0 spiro atoms. The Morgan fingerprint density at radius 2 is 1.40 bits per heavy atom. The zero-order chi connectivity index (χ0) is 11.8. The van der Waals surface area contributed by atoms with Gasteiger partial charge in [0.15, 0.2) is 0 Å². The van der Waals surface area contributed by atoms with Gasteiger partial charge in [-0.25, -0.2) is 0 Å². The maximum atomic E-state index is 2.72. The van der Waals surface area contributed by atoms with E-state index in [1.165, 1.54) is 23.5 Å². The minimum Gasteiger partial charge on any atom is -0.314 e. The fourth-order valence-electron chi connectivity index (χ4n) is 3.72. The summed E-state index contributed by atoms with van der Waals surface area (Å²) in [5.74, 6) is 1.42. The monoisotopic (exact) mass is 228 g/mol. The van der Waals surface area contributed by atoms with Gasteiger partial charge < -0.3 is 4.57 Å². The smallest absolute Gasteiger partial charge is 0.0808 e. The van der Waals surface area contributed by atoms with Gasteiger partial charge in [-0.15, -0.1) is 0 Å². The fraction of sp³-hybridized carbons (Fsp3) is 1.00. The quantitative estimate of drug-likeness (QED) is 0.672. The Morgan fingerprint density at radius 3 is 1.67 bits per heavy atom. The van der Waals surface area contributed by atoms with E-state index in [-0.39, 0.29) is 0 Å². The van der Waals surface area contributed by atoms with E-state index < -0.39 is 0 Å². The average molecular weight is 228 g/mol. The second-order valence-electron chi connectivity index (χ2n) is 5.80. The van der Waals surface area contributed by atoms with Crippen LogP contribution in [0.2, 0.25) is 0 Å². The van der Waals surface area contributed by atoms with E-state index in [2.05, 4.69) is 51.0 Å². The lowest BCUT2D eigenvalue weighted by atomic mass is 9.83. The van der Waals surface area contributed by atoms with Gasteiger partial charge >= 0.3 is 0 Å². The van der Waals surface area contributed by atoms with Crippen molar-refractivity contribution in [3.8, 4) is 0 Å². The Hall–Kier alpha value is 0.137. The molecule has 0 bridgehead atoms. The van der Waals surface area contributed by atoms with E-state index >= 15 is 0 Å². The molecule has 0 amide bonds. The van der Waals surface area contributed by atoms with Gasteiger partial charge in [-0.2, -0.15) is 0 Å². The molecule has 0 atom stereocenters. The van der Waals surface area contributed by atoms with Crippen molar-refractivity contribution in [3.63, 3.8) is 0 Å². The molecule has 1 saturated heterocycles. The first kappa shape index (κ1) is 13.2. The lowest BCUT2D eigenvalue weighted by Gasteiger charge is -2.51. The summed E-state index contributed by atoms with van der Waals surface area (Å²) < 4.78 is 2.70. The maximum Gasteiger partial charge on any atom is 0.0808 e. The Bertz CT molecular complexity index is 206. The Kier molecular flexibility index (Phi) is 4.01. The molecule has 0 unspecified atom stereocenters. The molecular formula is C12H28N2Si. The van der Waals surface area contributed by atoms with E-state index in [9.17, 15) is 0 Å². The highest BCUT2D eigenvalue weighted by molar-refractivity contribution is 6.05. The summed E-state index contributed by atoms with van der Waals surface area (Å²) in [6.07, 6.45) is 0. The summed E-state index contributed by atoms with van der Waals surface area (Å²) in [5, 5.41) is 0. The number of nitrogens with zero attached hydrogens (tertiary/aromatic N) is 2. The number of hydrogen-bond donors (Lipinski definition) is 0. The summed E-state index contributed by atoms with van der Waals surface area (Å²) in [6, 6.07) is 0.661. The van der Waals surface area contributed by atoms with Crippen molar-refractivity contribution >= 4 is 10.4 Å². The maximum absolute atomic E-state index is 2.72. The van der Waals surface area contributed by atoms with Crippen molar-refractivity contribution in [1.29, 1.82) is 0 Å². The summed E-state index contributed by atoms with van der Waals surface area (Å²) in [5.41, 5.74) is 0.320. The third-order valence-corrected chi connectivity index (χ3v) is 5.23. The summed E-state index contributed by atoms with van der Waals surface area (Å²) in [6.45, 7) is 16.7. The van der Waals surface area contributed by atoms with Crippen LogP contribution in [0.25, 0.3) is 0 Å². The van der Waals surface area contributed by atoms with Crippen LogP contribution in [0.3, 0.4) is 0 Å². The van der Waals surface area contributed by atoms with E-state index in [1.54, 1.807) is 0 Å². The molecule has 0 aromatic rings. The van der Waals surface area contributed by atoms with Gasteiger partial charge in [0, 0.05) is 19.1 Å². The lowest BCUT2D eigenvalue weighted by Crippen LogP contribution is -2.61. The number of hydrogen-bond acceptors (Lipinski definition) is 2. The molecule has 2 nitrogen and oxygen atoms in total. The molecule has 3 heteroatoms. The van der Waals surface area contributed by atoms with E-state index in [4.69, 9.17) is 0 Å². The third-order valence-electron chi connectivity index (χ3n) is 4.07. The van der Waals surface area contributed by atoms with Crippen LogP contribution in [0.4, 0.5) is 0 Å². The van der Waals surface area contributed by atoms with Crippen molar-refractivity contribution in [2.45, 2.75) is 53.2 Å². The van der Waals surface area contributed by atoms with Crippen LogP contribution in [0, 0.1) is 11.8 Å². The molecule has 0 aliphatic carbocycles. The molecule has 1 heterocycles. The van der Waals surface area contributed by atoms with Crippen LogP contribution in [0.15, 0.2) is 0 Å². The molecule has 0 aromatic carbocycles. The first-order valence-electron chi connectivity index (χ1n) is 6.33. The van der Waals surface area contributed by atoms with Crippen LogP contribution in [0.1, 0.15) is 41.5 Å². The minimum atomic E-state index is 0.320. The van der Waals surface area contributed by atoms with E-state index in [0.29, 0.717) is 23.5 Å². The van der Waals surface area contributed by atoms with Crippen molar-refractivity contribution in [2.24, 2.45) is 11.8 Å². The Balaban J connectivity index is 3.10. The van der Waals surface area contributed by atoms with Gasteiger partial charge in [-0.3, -0.25) is 4.90 Å². The van der Waals surface area contributed by atoms with E-state index in [0.717, 1.165) is 0 Å². The van der Waals surface area contributed by atoms with Gasteiger partial charge in [0.2, 0.25) is 0 Å². The first-order chi connectivity index (χ1) is 6.85. The predicted molar refractivity (Wildman–Crippen MR) is 70.9 cm³/mol. The van der Waals surface area contributed by atoms with Crippen molar-refractivity contribution in [2.75, 3.05) is 13.1 Å². The molecule has 0 aromatic heterocycles. The predicted octanol–water partition coefficient (Wildman–Crippen LogP) is 1.30. The van der Waals surface area contributed by atoms with Gasteiger partial charge in [0.05, 0.1) is 16.1 Å². The van der Waals surface area contributed by atoms with E-state index in [1.807, 2.05) is 0 Å².